The van der Waals surface area contributed by atoms with Crippen molar-refractivity contribution in [3.8, 4) is 5.75 Å². The minimum atomic E-state index is -0.964. The van der Waals surface area contributed by atoms with Gasteiger partial charge < -0.3 is 30.7 Å². The highest BCUT2D eigenvalue weighted by Gasteiger charge is 2.39. The molecule has 0 saturated heterocycles. The second-order valence-corrected chi connectivity index (χ2v) is 10.8. The molecule has 40 heavy (non-hydrogen) atoms. The summed E-state index contributed by atoms with van der Waals surface area (Å²) in [4.78, 5) is 41.4. The van der Waals surface area contributed by atoms with Crippen LogP contribution in [0.3, 0.4) is 0 Å². The third-order valence-electron chi connectivity index (χ3n) is 7.60. The van der Waals surface area contributed by atoms with Crippen LogP contribution >= 0.6 is 0 Å². The molecular weight excluding hydrogens is 515 g/mol. The van der Waals surface area contributed by atoms with Crippen LogP contribution in [-0.2, 0) is 20.8 Å². The van der Waals surface area contributed by atoms with Crippen LogP contribution in [0.15, 0.2) is 48.5 Å². The highest BCUT2D eigenvalue weighted by Crippen LogP contribution is 2.34. The number of carbonyl (C=O) groups excluding carboxylic acids is 3. The summed E-state index contributed by atoms with van der Waals surface area (Å²) in [7, 11) is 1.59. The van der Waals surface area contributed by atoms with Gasteiger partial charge in [0.1, 0.15) is 29.8 Å². The molecule has 1 unspecified atom stereocenters. The number of ether oxygens (including phenoxy) is 1. The fourth-order valence-corrected chi connectivity index (χ4v) is 4.85. The Morgan fingerprint density at radius 2 is 1.70 bits per heavy atom. The Labute approximate surface area is 234 Å². The van der Waals surface area contributed by atoms with E-state index in [1.165, 1.54) is 17.0 Å². The molecule has 0 radical (unpaired) electrons. The zero-order chi connectivity index (χ0) is 28.8. The molecule has 1 aliphatic heterocycles. The molecule has 9 nitrogen and oxygen atoms in total. The fraction of sp³-hybridized carbons (Fsp3) is 0.500. The number of likely N-dealkylation sites (N-methyl/N-ethyl adjacent to an activating group) is 1. The summed E-state index contributed by atoms with van der Waals surface area (Å²) in [5.74, 6) is -0.800. The third-order valence-corrected chi connectivity index (χ3v) is 7.60. The van der Waals surface area contributed by atoms with E-state index >= 15 is 0 Å². The number of benzene rings is 2. The van der Waals surface area contributed by atoms with Crippen LogP contribution in [0.5, 0.6) is 5.75 Å². The summed E-state index contributed by atoms with van der Waals surface area (Å²) in [6.45, 7) is 4.07. The van der Waals surface area contributed by atoms with Crippen molar-refractivity contribution in [2.75, 3.05) is 20.1 Å². The van der Waals surface area contributed by atoms with Crippen molar-refractivity contribution >= 4 is 17.7 Å². The van der Waals surface area contributed by atoms with E-state index in [0.717, 1.165) is 12.8 Å². The van der Waals surface area contributed by atoms with Crippen molar-refractivity contribution in [3.63, 3.8) is 0 Å². The van der Waals surface area contributed by atoms with Gasteiger partial charge in [0, 0.05) is 32.1 Å². The largest absolute Gasteiger partial charge is 0.489 e. The Balaban J connectivity index is 1.59. The van der Waals surface area contributed by atoms with Gasteiger partial charge in [-0.1, -0.05) is 30.3 Å². The molecule has 1 aliphatic carbocycles. The molecule has 0 bridgehead atoms. The maximum atomic E-state index is 13.5. The number of hydrogen-bond acceptors (Lipinski definition) is 6. The molecule has 1 fully saturated rings. The van der Waals surface area contributed by atoms with Crippen LogP contribution in [0.4, 0.5) is 4.39 Å². The SMILES string of the molecule is C[C@@H]1CN[C@@H](C2CC2)C(=O)N(C)[C@H](C)C(=O)N[C@@H](Cc2ccc(F)cc2)C(=O)NCCC(O)c2ccccc2O1. The van der Waals surface area contributed by atoms with Crippen molar-refractivity contribution in [3.05, 3.63) is 65.5 Å². The van der Waals surface area contributed by atoms with Gasteiger partial charge >= 0.3 is 0 Å². The molecule has 10 heteroatoms. The first-order valence-corrected chi connectivity index (χ1v) is 13.9. The molecule has 216 valence electrons. The zero-order valence-corrected chi connectivity index (χ0v) is 23.2. The van der Waals surface area contributed by atoms with Crippen molar-refractivity contribution in [1.82, 2.24) is 20.9 Å². The van der Waals surface area contributed by atoms with E-state index in [9.17, 15) is 23.9 Å². The van der Waals surface area contributed by atoms with Crippen LogP contribution in [0.2, 0.25) is 0 Å². The molecule has 4 N–H and O–H groups in total. The predicted molar refractivity (Wildman–Crippen MR) is 148 cm³/mol. The summed E-state index contributed by atoms with van der Waals surface area (Å²) >= 11 is 0. The van der Waals surface area contributed by atoms with E-state index in [0.29, 0.717) is 23.4 Å². The van der Waals surface area contributed by atoms with Gasteiger partial charge in [-0.2, -0.15) is 0 Å². The van der Waals surface area contributed by atoms with Gasteiger partial charge in [0.15, 0.2) is 0 Å². The Hall–Kier alpha value is -3.50. The van der Waals surface area contributed by atoms with Gasteiger partial charge in [-0.3, -0.25) is 14.4 Å². The van der Waals surface area contributed by atoms with E-state index in [4.69, 9.17) is 4.74 Å². The number of nitrogens with one attached hydrogen (secondary N) is 3. The van der Waals surface area contributed by atoms with E-state index in [-0.39, 0.29) is 37.3 Å². The number of amides is 3. The summed E-state index contributed by atoms with van der Waals surface area (Å²) in [5, 5.41) is 19.8. The number of aliphatic hydroxyl groups is 1. The van der Waals surface area contributed by atoms with Gasteiger partial charge in [-0.05, 0) is 62.8 Å². The minimum absolute atomic E-state index is 0.131. The number of halogens is 1. The average Bonchev–Trinajstić information content (AvgIpc) is 3.78. The lowest BCUT2D eigenvalue weighted by Crippen LogP contribution is -2.57. The second kappa shape index (κ2) is 13.2. The molecule has 2 aromatic carbocycles. The topological polar surface area (TPSA) is 120 Å². The maximum absolute atomic E-state index is 13.5. The monoisotopic (exact) mass is 554 g/mol. The van der Waals surface area contributed by atoms with Crippen molar-refractivity contribution in [1.29, 1.82) is 0 Å². The fourth-order valence-electron chi connectivity index (χ4n) is 4.85. The molecule has 3 amide bonds. The van der Waals surface area contributed by atoms with Gasteiger partial charge in [-0.15, -0.1) is 0 Å². The average molecular weight is 555 g/mol. The predicted octanol–water partition coefficient (Wildman–Crippen LogP) is 2.09. The standard InChI is InChI=1S/C30H39FN4O5/c1-18-17-33-27(21-10-11-21)30(39)35(3)19(2)28(37)34-24(16-20-8-12-22(31)13-9-20)29(38)32-15-14-25(36)23-6-4-5-7-26(23)40-18/h4-9,12-13,18-19,21,24-25,27,33,36H,10-11,14-17H2,1-3H3,(H,32,38)(H,34,37)/t18-,19-,24+,25?,27+/m1/s1. The number of carbonyl (C=O) groups is 3. The van der Waals surface area contributed by atoms with Crippen LogP contribution in [-0.4, -0.2) is 72.1 Å². The Kier molecular flexibility index (Phi) is 9.76. The van der Waals surface area contributed by atoms with Gasteiger partial charge in [0.25, 0.3) is 0 Å². The number of aliphatic hydroxyl groups excluding tert-OH is 1. The third kappa shape index (κ3) is 7.57. The molecule has 2 aliphatic rings. The quantitative estimate of drug-likeness (QED) is 0.461. The first-order chi connectivity index (χ1) is 19.1. The number of hydrogen-bond donors (Lipinski definition) is 4. The lowest BCUT2D eigenvalue weighted by Gasteiger charge is -2.31. The lowest BCUT2D eigenvalue weighted by atomic mass is 10.0. The molecule has 4 rings (SSSR count). The molecule has 1 saturated carbocycles. The highest BCUT2D eigenvalue weighted by atomic mass is 19.1. The normalized spacial score (nSPS) is 27.5. The molecule has 5 atom stereocenters. The Morgan fingerprint density at radius 1 is 1.00 bits per heavy atom. The minimum Gasteiger partial charge on any atom is -0.489 e. The van der Waals surface area contributed by atoms with Gasteiger partial charge in [-0.25, -0.2) is 4.39 Å². The van der Waals surface area contributed by atoms with Crippen LogP contribution < -0.4 is 20.7 Å². The van der Waals surface area contributed by atoms with E-state index in [1.807, 2.05) is 19.1 Å². The number of fused-ring (bicyclic) bond motifs is 1. The maximum Gasteiger partial charge on any atom is 0.243 e. The molecular formula is C30H39FN4O5. The smallest absolute Gasteiger partial charge is 0.243 e. The number of nitrogens with zero attached hydrogens (tertiary/aromatic N) is 1. The van der Waals surface area contributed by atoms with Crippen LogP contribution in [0.25, 0.3) is 0 Å². The van der Waals surface area contributed by atoms with Crippen molar-refractivity contribution < 1.29 is 28.6 Å². The summed E-state index contributed by atoms with van der Waals surface area (Å²) in [6, 6.07) is 10.7. The number of rotatable bonds is 3. The van der Waals surface area contributed by atoms with Gasteiger partial charge in [0.2, 0.25) is 17.7 Å². The van der Waals surface area contributed by atoms with Crippen molar-refractivity contribution in [2.45, 2.75) is 69.9 Å². The van der Waals surface area contributed by atoms with E-state index in [2.05, 4.69) is 16.0 Å². The van der Waals surface area contributed by atoms with E-state index < -0.39 is 41.9 Å². The van der Waals surface area contributed by atoms with Gasteiger partial charge in [0.05, 0.1) is 12.1 Å². The molecule has 2 aromatic rings. The van der Waals surface area contributed by atoms with Crippen molar-refractivity contribution in [2.24, 2.45) is 5.92 Å². The summed E-state index contributed by atoms with van der Waals surface area (Å²) < 4.78 is 19.6. The number of para-hydroxylation sites is 1. The molecule has 1 heterocycles. The Bertz CT molecular complexity index is 1190. The highest BCUT2D eigenvalue weighted by molar-refractivity contribution is 5.93. The first kappa shape index (κ1) is 29.5. The summed E-state index contributed by atoms with van der Waals surface area (Å²) in [6.07, 6.45) is 1.01. The summed E-state index contributed by atoms with van der Waals surface area (Å²) in [5.41, 5.74) is 1.27. The van der Waals surface area contributed by atoms with E-state index in [1.54, 1.807) is 38.2 Å². The zero-order valence-electron chi connectivity index (χ0n) is 23.2. The lowest BCUT2D eigenvalue weighted by molar-refractivity contribution is -0.141. The van der Waals surface area contributed by atoms with Crippen LogP contribution in [0, 0.1) is 11.7 Å². The second-order valence-electron chi connectivity index (χ2n) is 10.8. The van der Waals surface area contributed by atoms with Crippen LogP contribution in [0.1, 0.15) is 50.3 Å². The Morgan fingerprint density at radius 3 is 2.40 bits per heavy atom. The first-order valence-electron chi connectivity index (χ1n) is 13.9. The molecule has 0 aromatic heterocycles. The molecule has 0 spiro atoms.